The van der Waals surface area contributed by atoms with Crippen LogP contribution in [0.2, 0.25) is 0 Å². The molecule has 3 aromatic rings. The number of nitrogens with one attached hydrogen (secondary N) is 1. The van der Waals surface area contributed by atoms with E-state index in [1.54, 1.807) is 36.3 Å². The summed E-state index contributed by atoms with van der Waals surface area (Å²) in [6, 6.07) is 22.5. The van der Waals surface area contributed by atoms with Gasteiger partial charge in [0.15, 0.2) is 6.61 Å². The number of amides is 2. The molecule has 0 aliphatic carbocycles. The number of fused-ring (bicyclic) bond motifs is 1. The van der Waals surface area contributed by atoms with Gasteiger partial charge in [0.05, 0.1) is 19.3 Å². The molecule has 0 fully saturated rings. The molecule has 3 aromatic carbocycles. The largest absolute Gasteiger partial charge is 0.497 e. The smallest absolute Gasteiger partial charge is 0.265 e. The number of methoxy groups -OCH3 is 1. The van der Waals surface area contributed by atoms with Gasteiger partial charge in [-0.05, 0) is 47.5 Å². The maximum atomic E-state index is 12.5. The highest BCUT2D eigenvalue weighted by Crippen LogP contribution is 2.35. The number of ether oxygens (including phenoxy) is 2. The van der Waals surface area contributed by atoms with Gasteiger partial charge in [-0.3, -0.25) is 9.59 Å². The van der Waals surface area contributed by atoms with E-state index in [-0.39, 0.29) is 18.4 Å². The number of nitrogens with zero attached hydrogens (tertiary/aromatic N) is 1. The van der Waals surface area contributed by atoms with Crippen molar-refractivity contribution in [2.75, 3.05) is 23.9 Å². The molecular weight excluding hydrogens is 392 g/mol. The lowest BCUT2D eigenvalue weighted by Gasteiger charge is -2.30. The highest BCUT2D eigenvalue weighted by atomic mass is 16.5. The van der Waals surface area contributed by atoms with Crippen molar-refractivity contribution in [3.63, 3.8) is 0 Å². The fourth-order valence-corrected chi connectivity index (χ4v) is 3.32. The number of hydrogen-bond donors (Lipinski definition) is 1. The summed E-state index contributed by atoms with van der Waals surface area (Å²) in [5.74, 6) is 0.930. The van der Waals surface area contributed by atoms with Crippen molar-refractivity contribution in [1.82, 2.24) is 0 Å². The van der Waals surface area contributed by atoms with E-state index in [2.05, 4.69) is 5.32 Å². The van der Waals surface area contributed by atoms with Crippen LogP contribution in [0.4, 0.5) is 11.4 Å². The Morgan fingerprint density at radius 1 is 1.10 bits per heavy atom. The van der Waals surface area contributed by atoms with E-state index in [1.807, 2.05) is 54.6 Å². The van der Waals surface area contributed by atoms with Crippen molar-refractivity contribution in [2.45, 2.75) is 6.54 Å². The maximum Gasteiger partial charge on any atom is 0.265 e. The average molecular weight is 414 g/mol. The zero-order valence-electron chi connectivity index (χ0n) is 17.1. The minimum absolute atomic E-state index is 0.00514. The van der Waals surface area contributed by atoms with Gasteiger partial charge in [0.2, 0.25) is 5.91 Å². The van der Waals surface area contributed by atoms with Gasteiger partial charge in [-0.25, -0.2) is 0 Å². The first-order valence-corrected chi connectivity index (χ1v) is 9.86. The lowest BCUT2D eigenvalue weighted by molar-refractivity contribution is -0.121. The molecule has 1 N–H and O–H groups in total. The Labute approximate surface area is 180 Å². The summed E-state index contributed by atoms with van der Waals surface area (Å²) in [7, 11) is 1.60. The molecule has 0 radical (unpaired) electrons. The van der Waals surface area contributed by atoms with Crippen LogP contribution < -0.4 is 19.7 Å². The Morgan fingerprint density at radius 2 is 1.94 bits per heavy atom. The molecule has 0 atom stereocenters. The number of anilines is 2. The van der Waals surface area contributed by atoms with Crippen LogP contribution >= 0.6 is 0 Å². The highest BCUT2D eigenvalue weighted by Gasteiger charge is 2.26. The molecule has 1 heterocycles. The second-order valence-corrected chi connectivity index (χ2v) is 7.04. The van der Waals surface area contributed by atoms with Gasteiger partial charge in [0.25, 0.3) is 5.91 Å². The Bertz CT molecular complexity index is 1130. The summed E-state index contributed by atoms with van der Waals surface area (Å²) in [5.41, 5.74) is 3.08. The third kappa shape index (κ3) is 4.93. The van der Waals surface area contributed by atoms with Crippen molar-refractivity contribution in [3.8, 4) is 11.5 Å². The monoisotopic (exact) mass is 414 g/mol. The van der Waals surface area contributed by atoms with Gasteiger partial charge in [-0.2, -0.15) is 0 Å². The summed E-state index contributed by atoms with van der Waals surface area (Å²) in [6.45, 7) is 0.429. The van der Waals surface area contributed by atoms with Gasteiger partial charge >= 0.3 is 0 Å². The number of carbonyl (C=O) groups is 2. The van der Waals surface area contributed by atoms with Crippen molar-refractivity contribution < 1.29 is 19.1 Å². The van der Waals surface area contributed by atoms with E-state index < -0.39 is 0 Å². The fraction of sp³-hybridized carbons (Fsp3) is 0.120. The molecule has 0 spiro atoms. The molecule has 1 aliphatic heterocycles. The van der Waals surface area contributed by atoms with Crippen LogP contribution in [0.1, 0.15) is 11.1 Å². The molecule has 0 bridgehead atoms. The first-order valence-electron chi connectivity index (χ1n) is 9.86. The Morgan fingerprint density at radius 3 is 2.74 bits per heavy atom. The maximum absolute atomic E-state index is 12.5. The van der Waals surface area contributed by atoms with E-state index in [1.165, 1.54) is 6.08 Å². The predicted molar refractivity (Wildman–Crippen MR) is 120 cm³/mol. The second-order valence-electron chi connectivity index (χ2n) is 7.04. The van der Waals surface area contributed by atoms with Crippen LogP contribution in [0.15, 0.2) is 78.9 Å². The number of rotatable bonds is 6. The minimum atomic E-state index is -0.277. The molecule has 0 unspecified atom stereocenters. The lowest BCUT2D eigenvalue weighted by atomic mass is 10.1. The zero-order chi connectivity index (χ0) is 21.6. The topological polar surface area (TPSA) is 67.9 Å². The molecular formula is C25H22N2O4. The minimum Gasteiger partial charge on any atom is -0.497 e. The predicted octanol–water partition coefficient (Wildman–Crippen LogP) is 4.27. The molecule has 6 heteroatoms. The van der Waals surface area contributed by atoms with E-state index in [9.17, 15) is 9.59 Å². The van der Waals surface area contributed by atoms with Crippen LogP contribution in [-0.2, 0) is 16.1 Å². The van der Waals surface area contributed by atoms with Gasteiger partial charge in [0, 0.05) is 11.8 Å². The van der Waals surface area contributed by atoms with Crippen molar-refractivity contribution in [3.05, 3.63) is 90.0 Å². The third-order valence-corrected chi connectivity index (χ3v) is 4.87. The van der Waals surface area contributed by atoms with Crippen LogP contribution in [0.25, 0.3) is 6.08 Å². The highest BCUT2D eigenvalue weighted by molar-refractivity contribution is 6.03. The van der Waals surface area contributed by atoms with Gasteiger partial charge in [-0.15, -0.1) is 0 Å². The SMILES string of the molecule is COc1cccc(/C=C/C(=O)Nc2ccc3c(c2)N(Cc2ccccc2)C(=O)CO3)c1. The van der Waals surface area contributed by atoms with E-state index in [0.29, 0.717) is 23.7 Å². The van der Waals surface area contributed by atoms with Crippen molar-refractivity contribution in [2.24, 2.45) is 0 Å². The quantitative estimate of drug-likeness (QED) is 0.612. The average Bonchev–Trinajstić information content (AvgIpc) is 2.80. The summed E-state index contributed by atoms with van der Waals surface area (Å²) < 4.78 is 10.8. The zero-order valence-corrected chi connectivity index (χ0v) is 17.1. The van der Waals surface area contributed by atoms with Crippen molar-refractivity contribution in [1.29, 1.82) is 0 Å². The summed E-state index contributed by atoms with van der Waals surface area (Å²) in [4.78, 5) is 26.6. The number of hydrogen-bond acceptors (Lipinski definition) is 4. The summed E-state index contributed by atoms with van der Waals surface area (Å²) >= 11 is 0. The molecule has 0 aromatic heterocycles. The molecule has 156 valence electrons. The van der Waals surface area contributed by atoms with E-state index >= 15 is 0 Å². The fourth-order valence-electron chi connectivity index (χ4n) is 3.32. The van der Waals surface area contributed by atoms with E-state index in [4.69, 9.17) is 9.47 Å². The third-order valence-electron chi connectivity index (χ3n) is 4.87. The van der Waals surface area contributed by atoms with Crippen LogP contribution in [0.5, 0.6) is 11.5 Å². The van der Waals surface area contributed by atoms with Crippen LogP contribution in [0, 0.1) is 0 Å². The molecule has 1 aliphatic rings. The summed E-state index contributed by atoms with van der Waals surface area (Å²) in [6.07, 6.45) is 3.17. The van der Waals surface area contributed by atoms with Crippen molar-refractivity contribution >= 4 is 29.3 Å². The number of carbonyl (C=O) groups excluding carboxylic acids is 2. The van der Waals surface area contributed by atoms with Gasteiger partial charge in [0.1, 0.15) is 11.5 Å². The molecule has 0 saturated heterocycles. The standard InChI is InChI=1S/C25H22N2O4/c1-30-21-9-5-8-18(14-21)10-13-24(28)26-20-11-12-23-22(15-20)27(25(29)17-31-23)16-19-6-3-2-4-7-19/h2-15H,16-17H2,1H3,(H,26,28)/b13-10+. The van der Waals surface area contributed by atoms with Gasteiger partial charge < -0.3 is 19.7 Å². The second kappa shape index (κ2) is 9.17. The first-order chi connectivity index (χ1) is 15.1. The van der Waals surface area contributed by atoms with Crippen LogP contribution in [-0.4, -0.2) is 25.5 Å². The lowest BCUT2D eigenvalue weighted by Crippen LogP contribution is -2.38. The van der Waals surface area contributed by atoms with E-state index in [0.717, 1.165) is 16.9 Å². The normalized spacial score (nSPS) is 12.9. The molecule has 31 heavy (non-hydrogen) atoms. The summed E-state index contributed by atoms with van der Waals surface area (Å²) in [5, 5.41) is 2.84. The first kappa shape index (κ1) is 20.2. The Kier molecular flexibility index (Phi) is 5.98. The molecule has 4 rings (SSSR count). The Hall–Kier alpha value is -4.06. The molecule has 6 nitrogen and oxygen atoms in total. The van der Waals surface area contributed by atoms with Crippen LogP contribution in [0.3, 0.4) is 0 Å². The molecule has 0 saturated carbocycles. The number of benzene rings is 3. The molecule has 2 amide bonds. The Balaban J connectivity index is 1.50. The van der Waals surface area contributed by atoms with Gasteiger partial charge in [-0.1, -0.05) is 42.5 Å².